The second kappa shape index (κ2) is 10.9. The summed E-state index contributed by atoms with van der Waals surface area (Å²) >= 11 is 0. The summed E-state index contributed by atoms with van der Waals surface area (Å²) in [4.78, 5) is 23.9. The van der Waals surface area contributed by atoms with Crippen LogP contribution in [-0.4, -0.2) is 31.5 Å². The minimum Gasteiger partial charge on any atom is -0.460 e. The first-order valence-corrected chi connectivity index (χ1v) is 12.5. The Hall–Kier alpha value is -2.72. The van der Waals surface area contributed by atoms with E-state index in [9.17, 15) is 23.3 Å². The molecule has 1 heterocycles. The zero-order chi connectivity index (χ0) is 24.9. The van der Waals surface area contributed by atoms with Crippen molar-refractivity contribution < 1.29 is 22.9 Å². The highest BCUT2D eigenvalue weighted by Crippen LogP contribution is 2.42. The number of esters is 1. The van der Waals surface area contributed by atoms with E-state index in [1.165, 1.54) is 18.2 Å². The monoisotopic (exact) mass is 479 g/mol. The van der Waals surface area contributed by atoms with Crippen molar-refractivity contribution in [1.82, 2.24) is 10.0 Å². The summed E-state index contributed by atoms with van der Waals surface area (Å²) in [6.45, 7) is 10.5. The molecule has 2 rings (SSSR count). The normalized spacial score (nSPS) is 17.7. The Labute approximate surface area is 195 Å². The van der Waals surface area contributed by atoms with Gasteiger partial charge in [0.2, 0.25) is 10.0 Å². The summed E-state index contributed by atoms with van der Waals surface area (Å²) in [5.41, 5.74) is 1.02. The molecule has 2 unspecified atom stereocenters. The predicted octanol–water partition coefficient (Wildman–Crippen LogP) is 4.24. The smallest absolute Gasteiger partial charge is 0.337 e. The van der Waals surface area contributed by atoms with Gasteiger partial charge in [-0.2, -0.15) is 0 Å². The molecule has 1 aromatic rings. The Kier molecular flexibility index (Phi) is 8.79. The van der Waals surface area contributed by atoms with Crippen LogP contribution in [0.1, 0.15) is 72.3 Å². The number of benzene rings is 1. The lowest BCUT2D eigenvalue weighted by Gasteiger charge is -2.32. The fourth-order valence-corrected chi connectivity index (χ4v) is 5.71. The van der Waals surface area contributed by atoms with Crippen molar-refractivity contribution >= 4 is 21.7 Å². The summed E-state index contributed by atoms with van der Waals surface area (Å²) in [7, 11) is -4.06. The highest BCUT2D eigenvalue weighted by molar-refractivity contribution is 7.93. The van der Waals surface area contributed by atoms with Gasteiger partial charge in [0.15, 0.2) is 0 Å². The molecule has 1 aliphatic heterocycles. The Morgan fingerprint density at radius 1 is 1.24 bits per heavy atom. The van der Waals surface area contributed by atoms with Gasteiger partial charge in [-0.3, -0.25) is 10.1 Å². The molecule has 2 atom stereocenters. The van der Waals surface area contributed by atoms with E-state index in [1.54, 1.807) is 40.7 Å². The molecule has 0 saturated heterocycles. The van der Waals surface area contributed by atoms with Gasteiger partial charge in [-0.15, -0.1) is 0 Å². The van der Waals surface area contributed by atoms with Crippen LogP contribution in [-0.2, 0) is 19.6 Å². The number of hydrogen-bond donors (Lipinski definition) is 2. The molecule has 0 aliphatic carbocycles. The summed E-state index contributed by atoms with van der Waals surface area (Å²) in [5.74, 6) is -1.74. The molecule has 33 heavy (non-hydrogen) atoms. The van der Waals surface area contributed by atoms with Crippen LogP contribution in [0.2, 0.25) is 0 Å². The number of non-ortho nitro benzene ring substituents is 1. The van der Waals surface area contributed by atoms with Crippen LogP contribution in [0.25, 0.3) is 0 Å². The van der Waals surface area contributed by atoms with Crippen LogP contribution in [0.4, 0.5) is 5.69 Å². The number of nitrogens with one attached hydrogen (secondary N) is 2. The molecule has 9 nitrogen and oxygen atoms in total. The first kappa shape index (κ1) is 26.5. The molecular weight excluding hydrogens is 446 g/mol. The average molecular weight is 480 g/mol. The van der Waals surface area contributed by atoms with Gasteiger partial charge in [0, 0.05) is 29.6 Å². The number of dihydropyridines is 1. The van der Waals surface area contributed by atoms with Crippen molar-refractivity contribution in [2.45, 2.75) is 78.9 Å². The van der Waals surface area contributed by atoms with Crippen molar-refractivity contribution in [2.24, 2.45) is 0 Å². The second-order valence-electron chi connectivity index (χ2n) is 8.56. The number of carbonyl (C=O) groups is 1. The fourth-order valence-electron chi connectivity index (χ4n) is 3.91. The van der Waals surface area contributed by atoms with Gasteiger partial charge < -0.3 is 10.1 Å². The topological polar surface area (TPSA) is 128 Å². The number of nitrogens with zero attached hydrogens (tertiary/aromatic N) is 1. The zero-order valence-corrected chi connectivity index (χ0v) is 20.8. The van der Waals surface area contributed by atoms with Gasteiger partial charge in [0.25, 0.3) is 5.69 Å². The lowest BCUT2D eigenvalue weighted by molar-refractivity contribution is -0.384. The third-order valence-electron chi connectivity index (χ3n) is 5.31. The highest BCUT2D eigenvalue weighted by atomic mass is 32.2. The van der Waals surface area contributed by atoms with Crippen molar-refractivity contribution in [3.05, 3.63) is 61.8 Å². The van der Waals surface area contributed by atoms with E-state index in [-0.39, 0.29) is 22.2 Å². The SMILES string of the molecule is CCCCC(C)NS(=O)(=O)C1=C(C)NC(C)=C(C(=O)OC(C)C)C1c1cccc([N+](=O)[O-])c1. The maximum atomic E-state index is 13.6. The van der Waals surface area contributed by atoms with Gasteiger partial charge in [0.1, 0.15) is 0 Å². The number of nitro benzene ring substituents is 1. The quantitative estimate of drug-likeness (QED) is 0.292. The molecule has 182 valence electrons. The van der Waals surface area contributed by atoms with E-state index in [1.807, 2.05) is 6.92 Å². The lowest BCUT2D eigenvalue weighted by atomic mass is 9.86. The van der Waals surface area contributed by atoms with Crippen molar-refractivity contribution in [1.29, 1.82) is 0 Å². The largest absolute Gasteiger partial charge is 0.460 e. The van der Waals surface area contributed by atoms with Crippen molar-refractivity contribution in [2.75, 3.05) is 0 Å². The summed E-state index contributed by atoms with van der Waals surface area (Å²) in [6, 6.07) is 5.37. The van der Waals surface area contributed by atoms with Gasteiger partial charge in [-0.05, 0) is 46.6 Å². The number of sulfonamides is 1. The molecule has 10 heteroatoms. The third kappa shape index (κ3) is 6.42. The van der Waals surface area contributed by atoms with E-state index in [2.05, 4.69) is 10.0 Å². The lowest BCUT2D eigenvalue weighted by Crippen LogP contribution is -2.39. The maximum Gasteiger partial charge on any atom is 0.337 e. The minimum absolute atomic E-state index is 0.0485. The maximum absolute atomic E-state index is 13.6. The molecule has 0 radical (unpaired) electrons. The number of carbonyl (C=O) groups excluding carboxylic acids is 1. The molecule has 0 saturated carbocycles. The summed E-state index contributed by atoms with van der Waals surface area (Å²) < 4.78 is 35.2. The third-order valence-corrected chi connectivity index (χ3v) is 7.15. The highest BCUT2D eigenvalue weighted by Gasteiger charge is 2.41. The molecular formula is C23H33N3O6S. The van der Waals surface area contributed by atoms with Crippen LogP contribution >= 0.6 is 0 Å². The Bertz CT molecular complexity index is 1080. The molecule has 2 N–H and O–H groups in total. The molecule has 0 spiro atoms. The fraction of sp³-hybridized carbons (Fsp3) is 0.522. The second-order valence-corrected chi connectivity index (χ2v) is 10.2. The van der Waals surface area contributed by atoms with Crippen LogP contribution in [0.15, 0.2) is 46.1 Å². The minimum atomic E-state index is -4.06. The van der Waals surface area contributed by atoms with E-state index in [4.69, 9.17) is 4.74 Å². The average Bonchev–Trinajstić information content (AvgIpc) is 2.70. The molecule has 0 bridgehead atoms. The number of hydrogen-bond acceptors (Lipinski definition) is 7. The van der Waals surface area contributed by atoms with Crippen LogP contribution in [0.5, 0.6) is 0 Å². The molecule has 0 aromatic heterocycles. The molecule has 1 aliphatic rings. The van der Waals surface area contributed by atoms with Gasteiger partial charge in [-0.1, -0.05) is 31.9 Å². The number of unbranched alkanes of at least 4 members (excludes halogenated alkanes) is 1. The van der Waals surface area contributed by atoms with E-state index in [0.29, 0.717) is 23.4 Å². The Balaban J connectivity index is 2.68. The first-order valence-electron chi connectivity index (χ1n) is 11.0. The van der Waals surface area contributed by atoms with Crippen LogP contribution < -0.4 is 10.0 Å². The zero-order valence-electron chi connectivity index (χ0n) is 20.0. The predicted molar refractivity (Wildman–Crippen MR) is 127 cm³/mol. The van der Waals surface area contributed by atoms with E-state index >= 15 is 0 Å². The Morgan fingerprint density at radius 3 is 2.48 bits per heavy atom. The first-order chi connectivity index (χ1) is 15.4. The van der Waals surface area contributed by atoms with E-state index < -0.39 is 32.9 Å². The number of allylic oxidation sites excluding steroid dienone is 3. The van der Waals surface area contributed by atoms with Crippen molar-refractivity contribution in [3.63, 3.8) is 0 Å². The molecule has 0 fully saturated rings. The number of ether oxygens (including phenoxy) is 1. The molecule has 1 aromatic carbocycles. The van der Waals surface area contributed by atoms with Crippen LogP contribution in [0.3, 0.4) is 0 Å². The van der Waals surface area contributed by atoms with E-state index in [0.717, 1.165) is 12.8 Å². The number of nitro groups is 1. The summed E-state index contributed by atoms with van der Waals surface area (Å²) in [6.07, 6.45) is 2.02. The number of rotatable bonds is 10. The van der Waals surface area contributed by atoms with Gasteiger partial charge >= 0.3 is 5.97 Å². The van der Waals surface area contributed by atoms with Gasteiger partial charge in [-0.25, -0.2) is 17.9 Å². The molecule has 0 amide bonds. The van der Waals surface area contributed by atoms with Crippen LogP contribution in [0, 0.1) is 10.1 Å². The Morgan fingerprint density at radius 2 is 1.91 bits per heavy atom. The summed E-state index contributed by atoms with van der Waals surface area (Å²) in [5, 5.41) is 14.4. The van der Waals surface area contributed by atoms with Crippen molar-refractivity contribution in [3.8, 4) is 0 Å². The standard InChI is InChI=1S/C23H33N3O6S/c1-7-8-10-15(4)25-33(30,31)22-17(6)24-16(5)20(23(27)32-14(2)3)21(22)18-11-9-12-19(13-18)26(28)29/h9,11-15,21,24-25H,7-8,10H2,1-6H3. The van der Waals surface area contributed by atoms with Gasteiger partial charge in [0.05, 0.1) is 27.4 Å².